The van der Waals surface area contributed by atoms with E-state index in [1.165, 1.54) is 0 Å². The van der Waals surface area contributed by atoms with Gasteiger partial charge < -0.3 is 17.7 Å². The van der Waals surface area contributed by atoms with Gasteiger partial charge in [0, 0.05) is 6.07 Å². The van der Waals surface area contributed by atoms with Crippen LogP contribution in [0.1, 0.15) is 0 Å². The van der Waals surface area contributed by atoms with Crippen molar-refractivity contribution in [3.05, 3.63) is 41.9 Å². The van der Waals surface area contributed by atoms with Gasteiger partial charge in [0.15, 0.2) is 11.6 Å². The summed E-state index contributed by atoms with van der Waals surface area (Å²) in [4.78, 5) is 0. The molecule has 0 aliphatic carbocycles. The van der Waals surface area contributed by atoms with E-state index in [1.807, 2.05) is 0 Å². The second-order valence-electron chi connectivity index (χ2n) is 3.10. The zero-order valence-corrected chi connectivity index (χ0v) is 12.1. The van der Waals surface area contributed by atoms with Crippen LogP contribution in [0, 0.1) is 11.6 Å². The minimum absolute atomic E-state index is 0. The molecule has 0 radical (unpaired) electrons. The number of benzene rings is 1. The largest absolute Gasteiger partial charge is 1.00 e. The molecular weight excluding hydrogens is 269 g/mol. The Kier molecular flexibility index (Phi) is 6.93. The molecule has 0 aliphatic heterocycles. The molecule has 0 aliphatic rings. The summed E-state index contributed by atoms with van der Waals surface area (Å²) in [6.07, 6.45) is 0. The molecule has 17 heavy (non-hydrogen) atoms. The molecule has 0 heterocycles. The van der Waals surface area contributed by atoms with Crippen molar-refractivity contribution >= 4 is 6.98 Å². The van der Waals surface area contributed by atoms with Crippen LogP contribution in [0.4, 0.5) is 21.7 Å². The summed E-state index contributed by atoms with van der Waals surface area (Å²) in [5.74, 6) is -2.29. The monoisotopic (exact) mass is 276 g/mol. The third kappa shape index (κ3) is 5.52. The summed E-state index contributed by atoms with van der Waals surface area (Å²) in [5.41, 5.74) is -1.11. The number of halogens is 5. The van der Waals surface area contributed by atoms with Crippen molar-refractivity contribution in [2.45, 2.75) is 0 Å². The van der Waals surface area contributed by atoms with Crippen LogP contribution in [-0.2, 0) is 0 Å². The Morgan fingerprint density at radius 1 is 1.24 bits per heavy atom. The van der Waals surface area contributed by atoms with Crippen molar-refractivity contribution in [2.24, 2.45) is 0 Å². The molecule has 1 aromatic carbocycles. The van der Waals surface area contributed by atoms with Gasteiger partial charge in [-0.1, -0.05) is 0 Å². The van der Waals surface area contributed by atoms with Crippen molar-refractivity contribution < 1.29 is 77.8 Å². The van der Waals surface area contributed by atoms with E-state index >= 15 is 0 Å². The molecular formula is C9H7BF5KO. The van der Waals surface area contributed by atoms with Gasteiger partial charge in [0.1, 0.15) is 5.82 Å². The third-order valence-electron chi connectivity index (χ3n) is 1.77. The van der Waals surface area contributed by atoms with Crippen molar-refractivity contribution in [1.82, 2.24) is 0 Å². The van der Waals surface area contributed by atoms with Gasteiger partial charge in [-0.05, 0) is 12.1 Å². The summed E-state index contributed by atoms with van der Waals surface area (Å²) >= 11 is 0. The zero-order chi connectivity index (χ0) is 12.3. The van der Waals surface area contributed by atoms with Crippen molar-refractivity contribution in [3.8, 4) is 5.75 Å². The van der Waals surface area contributed by atoms with Crippen molar-refractivity contribution in [2.75, 3.05) is 6.61 Å². The second-order valence-corrected chi connectivity index (χ2v) is 3.10. The van der Waals surface area contributed by atoms with Crippen molar-refractivity contribution in [3.63, 3.8) is 0 Å². The van der Waals surface area contributed by atoms with E-state index in [1.54, 1.807) is 0 Å². The molecule has 0 aromatic heterocycles. The summed E-state index contributed by atoms with van der Waals surface area (Å²) in [7, 11) is 0. The maximum atomic E-state index is 12.9. The quantitative estimate of drug-likeness (QED) is 0.567. The summed E-state index contributed by atoms with van der Waals surface area (Å²) in [5, 5.41) is 0. The zero-order valence-electron chi connectivity index (χ0n) is 9.02. The maximum Gasteiger partial charge on any atom is 1.00 e. The third-order valence-corrected chi connectivity index (χ3v) is 1.77. The molecule has 0 N–H and O–H groups in total. The Hall–Kier alpha value is 0.111. The topological polar surface area (TPSA) is 9.23 Å². The molecule has 0 amide bonds. The first-order chi connectivity index (χ1) is 7.30. The van der Waals surface area contributed by atoms with Crippen LogP contribution in [0.5, 0.6) is 5.75 Å². The SMILES string of the molecule is C=C(COc1cc(F)ccc1F)[B-](F)(F)F.[K+]. The Morgan fingerprint density at radius 3 is 2.35 bits per heavy atom. The van der Waals surface area contributed by atoms with E-state index in [-0.39, 0.29) is 51.4 Å². The molecule has 0 unspecified atom stereocenters. The molecule has 8 heteroatoms. The molecule has 0 atom stereocenters. The number of hydrogen-bond acceptors (Lipinski definition) is 1. The predicted molar refractivity (Wildman–Crippen MR) is 50.1 cm³/mol. The van der Waals surface area contributed by atoms with E-state index in [0.717, 1.165) is 12.1 Å². The fourth-order valence-electron chi connectivity index (χ4n) is 0.853. The first-order valence-corrected chi connectivity index (χ1v) is 4.26. The molecule has 0 bridgehead atoms. The number of ether oxygens (including phenoxy) is 1. The Balaban J connectivity index is 0.00000256. The molecule has 88 valence electrons. The normalized spacial score (nSPS) is 10.6. The van der Waals surface area contributed by atoms with Gasteiger partial charge in [0.2, 0.25) is 0 Å². The minimum atomic E-state index is -5.23. The van der Waals surface area contributed by atoms with E-state index in [0.29, 0.717) is 6.07 Å². The van der Waals surface area contributed by atoms with Gasteiger partial charge in [-0.25, -0.2) is 8.78 Å². The fourth-order valence-corrected chi connectivity index (χ4v) is 0.853. The molecule has 1 nitrogen and oxygen atoms in total. The minimum Gasteiger partial charge on any atom is -0.489 e. The van der Waals surface area contributed by atoms with E-state index < -0.39 is 36.4 Å². The van der Waals surface area contributed by atoms with Crippen LogP contribution < -0.4 is 56.1 Å². The summed E-state index contributed by atoms with van der Waals surface area (Å²) in [6, 6.07) is 2.28. The van der Waals surface area contributed by atoms with Gasteiger partial charge in [0.25, 0.3) is 0 Å². The predicted octanol–water partition coefficient (Wildman–Crippen LogP) is 0.290. The Morgan fingerprint density at radius 2 is 1.82 bits per heavy atom. The van der Waals surface area contributed by atoms with Gasteiger partial charge in [-0.15, -0.1) is 12.1 Å². The van der Waals surface area contributed by atoms with E-state index in [9.17, 15) is 21.7 Å². The molecule has 1 aromatic rings. The van der Waals surface area contributed by atoms with Crippen molar-refractivity contribution in [1.29, 1.82) is 0 Å². The van der Waals surface area contributed by atoms with E-state index in [2.05, 4.69) is 11.3 Å². The summed E-state index contributed by atoms with van der Waals surface area (Å²) in [6.45, 7) is -3.38. The van der Waals surface area contributed by atoms with Gasteiger partial charge in [-0.3, -0.25) is 0 Å². The van der Waals surface area contributed by atoms with Crippen LogP contribution in [0.2, 0.25) is 0 Å². The van der Waals surface area contributed by atoms with Gasteiger partial charge in [0.05, 0.1) is 6.61 Å². The van der Waals surface area contributed by atoms with Crippen LogP contribution in [0.3, 0.4) is 0 Å². The molecule has 0 fully saturated rings. The Labute approximate surface area is 138 Å². The first kappa shape index (κ1) is 17.1. The Bertz CT molecular complexity index is 407. The summed E-state index contributed by atoms with van der Waals surface area (Å²) < 4.78 is 66.2. The van der Waals surface area contributed by atoms with E-state index in [4.69, 9.17) is 0 Å². The van der Waals surface area contributed by atoms with Crippen LogP contribution >= 0.6 is 0 Å². The smallest absolute Gasteiger partial charge is 0.489 e. The van der Waals surface area contributed by atoms with Gasteiger partial charge >= 0.3 is 58.4 Å². The average Bonchev–Trinajstić information content (AvgIpc) is 2.17. The standard InChI is InChI=1S/C9H7BF5O.K/c1-6(10(13,14)15)5-16-9-4-7(11)2-3-8(9)12;/h2-4H,1,5H2;/q-1;+1. The van der Waals surface area contributed by atoms with Crippen LogP contribution in [0.15, 0.2) is 30.3 Å². The number of hydrogen-bond donors (Lipinski definition) is 0. The fraction of sp³-hybridized carbons (Fsp3) is 0.111. The molecule has 0 saturated carbocycles. The molecule has 0 spiro atoms. The van der Waals surface area contributed by atoms with Crippen LogP contribution in [-0.4, -0.2) is 13.6 Å². The molecule has 0 saturated heterocycles. The van der Waals surface area contributed by atoms with Crippen LogP contribution in [0.25, 0.3) is 0 Å². The number of rotatable bonds is 4. The second kappa shape index (κ2) is 6.89. The maximum absolute atomic E-state index is 12.9. The average molecular weight is 276 g/mol. The van der Waals surface area contributed by atoms with Gasteiger partial charge in [-0.2, -0.15) is 0 Å². The molecule has 1 rings (SSSR count). The first-order valence-electron chi connectivity index (χ1n) is 4.26.